The van der Waals surface area contributed by atoms with E-state index in [2.05, 4.69) is 20.4 Å². The summed E-state index contributed by atoms with van der Waals surface area (Å²) < 4.78 is 19.0. The molecule has 0 saturated carbocycles. The maximum Gasteiger partial charge on any atom is 0.227 e. The number of rotatable bonds is 8. The molecule has 28 heavy (non-hydrogen) atoms. The van der Waals surface area contributed by atoms with Crippen LogP contribution in [0.1, 0.15) is 23.4 Å². The van der Waals surface area contributed by atoms with Crippen molar-refractivity contribution in [3.63, 3.8) is 0 Å². The van der Waals surface area contributed by atoms with Crippen LogP contribution in [0.25, 0.3) is 11.5 Å². The molecule has 0 bridgehead atoms. The number of amides is 1. The Hall–Kier alpha value is -3.13. The van der Waals surface area contributed by atoms with E-state index >= 15 is 0 Å². The zero-order valence-corrected chi connectivity index (χ0v) is 15.9. The molecule has 3 aromatic rings. The summed E-state index contributed by atoms with van der Waals surface area (Å²) in [5.41, 5.74) is 2.07. The molecule has 0 fully saturated rings. The quantitative estimate of drug-likeness (QED) is 0.644. The largest absolute Gasteiger partial charge is 0.352 e. The molecular formula is C20H22FN5O2. The summed E-state index contributed by atoms with van der Waals surface area (Å²) in [6, 6.07) is 10.3. The Labute approximate surface area is 162 Å². The minimum atomic E-state index is -0.246. The van der Waals surface area contributed by atoms with Crippen LogP contribution in [0.4, 0.5) is 4.39 Å². The molecule has 0 radical (unpaired) electrons. The van der Waals surface area contributed by atoms with Crippen molar-refractivity contribution in [1.29, 1.82) is 0 Å². The van der Waals surface area contributed by atoms with Gasteiger partial charge in [-0.1, -0.05) is 17.3 Å². The van der Waals surface area contributed by atoms with Gasteiger partial charge in [0.1, 0.15) is 11.5 Å². The number of hydrogen-bond acceptors (Lipinski definition) is 6. The van der Waals surface area contributed by atoms with Gasteiger partial charge in [0.2, 0.25) is 17.6 Å². The van der Waals surface area contributed by atoms with Crippen LogP contribution < -0.4 is 5.32 Å². The van der Waals surface area contributed by atoms with E-state index in [4.69, 9.17) is 4.52 Å². The predicted molar refractivity (Wildman–Crippen MR) is 101 cm³/mol. The van der Waals surface area contributed by atoms with E-state index < -0.39 is 0 Å². The molecule has 0 saturated heterocycles. The summed E-state index contributed by atoms with van der Waals surface area (Å²) in [5.74, 6) is 0.390. The number of halogens is 1. The number of carbonyl (C=O) groups is 1. The Kier molecular flexibility index (Phi) is 6.44. The molecule has 2 aromatic heterocycles. The fraction of sp³-hybridized carbons (Fsp3) is 0.300. The van der Waals surface area contributed by atoms with Gasteiger partial charge in [-0.2, -0.15) is 4.98 Å². The number of nitrogens with one attached hydrogen (secondary N) is 1. The molecule has 1 amide bonds. The predicted octanol–water partition coefficient (Wildman–Crippen LogP) is 2.58. The van der Waals surface area contributed by atoms with Crippen LogP contribution in [0.3, 0.4) is 0 Å². The van der Waals surface area contributed by atoms with Crippen LogP contribution in [-0.4, -0.2) is 40.0 Å². The molecule has 7 nitrogen and oxygen atoms in total. The fourth-order valence-electron chi connectivity index (χ4n) is 2.66. The zero-order chi connectivity index (χ0) is 19.9. The smallest absolute Gasteiger partial charge is 0.227 e. The summed E-state index contributed by atoms with van der Waals surface area (Å²) in [6.45, 7) is 0.839. The molecular weight excluding hydrogens is 361 g/mol. The van der Waals surface area contributed by atoms with Crippen molar-refractivity contribution in [2.24, 2.45) is 0 Å². The monoisotopic (exact) mass is 383 g/mol. The highest BCUT2D eigenvalue weighted by atomic mass is 19.1. The molecule has 1 aromatic carbocycles. The van der Waals surface area contributed by atoms with E-state index in [0.717, 1.165) is 5.56 Å². The first-order valence-electron chi connectivity index (χ1n) is 8.94. The van der Waals surface area contributed by atoms with Crippen LogP contribution in [0.15, 0.2) is 47.1 Å². The zero-order valence-electron chi connectivity index (χ0n) is 15.9. The van der Waals surface area contributed by atoms with E-state index in [-0.39, 0.29) is 18.1 Å². The second-order valence-electron chi connectivity index (χ2n) is 6.67. The van der Waals surface area contributed by atoms with Crippen LogP contribution in [0.2, 0.25) is 0 Å². The summed E-state index contributed by atoms with van der Waals surface area (Å²) in [4.78, 5) is 22.4. The second-order valence-corrected chi connectivity index (χ2v) is 6.67. The lowest BCUT2D eigenvalue weighted by molar-refractivity contribution is -0.121. The van der Waals surface area contributed by atoms with Crippen LogP contribution in [0.5, 0.6) is 0 Å². The van der Waals surface area contributed by atoms with Gasteiger partial charge in [0.15, 0.2) is 0 Å². The normalized spacial score (nSPS) is 11.0. The average Bonchev–Trinajstić information content (AvgIpc) is 3.16. The first kappa shape index (κ1) is 19.6. The molecule has 0 aliphatic heterocycles. The number of carbonyl (C=O) groups excluding carboxylic acids is 1. The van der Waals surface area contributed by atoms with Crippen molar-refractivity contribution in [3.05, 3.63) is 65.4 Å². The molecule has 1 N–H and O–H groups in total. The topological polar surface area (TPSA) is 84.2 Å². The van der Waals surface area contributed by atoms with Crippen molar-refractivity contribution in [2.45, 2.75) is 25.9 Å². The minimum Gasteiger partial charge on any atom is -0.352 e. The SMILES string of the molecule is CN(C)Cc1cc(CNC(=O)CCc2nc(-c3ccccn3)no2)ccc1F. The lowest BCUT2D eigenvalue weighted by Crippen LogP contribution is -2.23. The first-order valence-corrected chi connectivity index (χ1v) is 8.94. The molecule has 0 aliphatic carbocycles. The summed E-state index contributed by atoms with van der Waals surface area (Å²) in [5, 5.41) is 6.71. The van der Waals surface area contributed by atoms with E-state index in [9.17, 15) is 9.18 Å². The average molecular weight is 383 g/mol. The molecule has 0 aliphatic rings. The minimum absolute atomic E-state index is 0.143. The molecule has 2 heterocycles. The number of nitrogens with zero attached hydrogens (tertiary/aromatic N) is 4. The molecule has 0 atom stereocenters. The number of aromatic nitrogens is 3. The number of aryl methyl sites for hydroxylation is 1. The number of pyridine rings is 1. The third kappa shape index (κ3) is 5.43. The van der Waals surface area contributed by atoms with Crippen LogP contribution in [0, 0.1) is 5.82 Å². The van der Waals surface area contributed by atoms with E-state index in [1.807, 2.05) is 25.1 Å². The highest BCUT2D eigenvalue weighted by Crippen LogP contribution is 2.14. The number of benzene rings is 1. The van der Waals surface area contributed by atoms with Gasteiger partial charge >= 0.3 is 0 Å². The van der Waals surface area contributed by atoms with Crippen LogP contribution >= 0.6 is 0 Å². The van der Waals surface area contributed by atoms with Gasteiger partial charge in [-0.25, -0.2) is 4.39 Å². The Bertz CT molecular complexity index is 927. The third-order valence-corrected chi connectivity index (χ3v) is 4.01. The standard InChI is InChI=1S/C20H22FN5O2/c1-26(2)13-15-11-14(6-7-16(15)21)12-23-18(27)8-9-19-24-20(25-28-19)17-5-3-4-10-22-17/h3-7,10-11H,8-9,12-13H2,1-2H3,(H,23,27). The Morgan fingerprint density at radius 1 is 1.25 bits per heavy atom. The number of hydrogen-bond donors (Lipinski definition) is 1. The first-order chi connectivity index (χ1) is 13.5. The van der Waals surface area contributed by atoms with E-state index in [1.54, 1.807) is 30.5 Å². The van der Waals surface area contributed by atoms with E-state index in [1.165, 1.54) is 6.07 Å². The lowest BCUT2D eigenvalue weighted by Gasteiger charge is -2.12. The summed E-state index contributed by atoms with van der Waals surface area (Å²) >= 11 is 0. The molecule has 8 heteroatoms. The summed E-state index contributed by atoms with van der Waals surface area (Å²) in [6.07, 6.45) is 2.20. The van der Waals surface area contributed by atoms with Crippen molar-refractivity contribution in [1.82, 2.24) is 25.3 Å². The maximum absolute atomic E-state index is 13.8. The molecule has 0 spiro atoms. The van der Waals surface area contributed by atoms with E-state index in [0.29, 0.717) is 42.5 Å². The van der Waals surface area contributed by atoms with Crippen molar-refractivity contribution in [2.75, 3.05) is 14.1 Å². The molecule has 0 unspecified atom stereocenters. The fourth-order valence-corrected chi connectivity index (χ4v) is 2.66. The van der Waals surface area contributed by atoms with Gasteiger partial charge in [0.05, 0.1) is 0 Å². The Morgan fingerprint density at radius 2 is 2.11 bits per heavy atom. The van der Waals surface area contributed by atoms with Crippen molar-refractivity contribution >= 4 is 5.91 Å². The second kappa shape index (κ2) is 9.18. The summed E-state index contributed by atoms with van der Waals surface area (Å²) in [7, 11) is 3.76. The maximum atomic E-state index is 13.8. The highest BCUT2D eigenvalue weighted by Gasteiger charge is 2.12. The van der Waals surface area contributed by atoms with Gasteiger partial charge in [0.25, 0.3) is 0 Å². The van der Waals surface area contributed by atoms with Gasteiger partial charge in [-0.3, -0.25) is 9.78 Å². The van der Waals surface area contributed by atoms with Crippen LogP contribution in [-0.2, 0) is 24.3 Å². The Balaban J connectivity index is 1.49. The molecule has 146 valence electrons. The Morgan fingerprint density at radius 3 is 2.86 bits per heavy atom. The third-order valence-electron chi connectivity index (χ3n) is 4.01. The van der Waals surface area contributed by atoms with Gasteiger partial charge in [-0.15, -0.1) is 0 Å². The van der Waals surface area contributed by atoms with Gasteiger partial charge in [-0.05, 0) is 43.9 Å². The van der Waals surface area contributed by atoms with Crippen molar-refractivity contribution in [3.8, 4) is 11.5 Å². The highest BCUT2D eigenvalue weighted by molar-refractivity contribution is 5.76. The van der Waals surface area contributed by atoms with Gasteiger partial charge in [0, 0.05) is 37.7 Å². The lowest BCUT2D eigenvalue weighted by atomic mass is 10.1. The molecule has 3 rings (SSSR count). The van der Waals surface area contributed by atoms with Crippen molar-refractivity contribution < 1.29 is 13.7 Å². The van der Waals surface area contributed by atoms with Gasteiger partial charge < -0.3 is 14.7 Å².